The van der Waals surface area contributed by atoms with E-state index in [2.05, 4.69) is 10.3 Å². The smallest absolute Gasteiger partial charge is 0.256 e. The molecule has 0 aliphatic carbocycles. The van der Waals surface area contributed by atoms with Crippen molar-refractivity contribution in [1.29, 1.82) is 0 Å². The first-order valence-electron chi connectivity index (χ1n) is 6.45. The van der Waals surface area contributed by atoms with Crippen LogP contribution in [-0.2, 0) is 4.79 Å². The minimum absolute atomic E-state index is 0.0472. The van der Waals surface area contributed by atoms with Crippen LogP contribution in [0.25, 0.3) is 11.6 Å². The second kappa shape index (κ2) is 5.13. The third kappa shape index (κ3) is 2.26. The monoisotopic (exact) mass is 262 g/mol. The van der Waals surface area contributed by atoms with Crippen LogP contribution in [0, 0.1) is 0 Å². The molecule has 20 heavy (non-hydrogen) atoms. The van der Waals surface area contributed by atoms with Gasteiger partial charge in [0.2, 0.25) is 0 Å². The average Bonchev–Trinajstić information content (AvgIpc) is 2.75. The second-order valence-corrected chi connectivity index (χ2v) is 4.66. The van der Waals surface area contributed by atoms with Gasteiger partial charge in [0.05, 0.1) is 5.57 Å². The van der Waals surface area contributed by atoms with Gasteiger partial charge in [-0.05, 0) is 41.8 Å². The summed E-state index contributed by atoms with van der Waals surface area (Å²) in [6.45, 7) is 1.97. The fourth-order valence-corrected chi connectivity index (χ4v) is 2.31. The molecule has 0 saturated carbocycles. The van der Waals surface area contributed by atoms with E-state index in [1.165, 1.54) is 0 Å². The minimum atomic E-state index is -0.0472. The molecule has 98 valence electrons. The van der Waals surface area contributed by atoms with Crippen LogP contribution in [0.1, 0.15) is 18.1 Å². The molecule has 1 aliphatic rings. The van der Waals surface area contributed by atoms with Crippen LogP contribution in [0.5, 0.6) is 0 Å². The number of nitrogens with zero attached hydrogens (tertiary/aromatic N) is 1. The molecular weight excluding hydrogens is 248 g/mol. The molecule has 0 unspecified atom stereocenters. The highest BCUT2D eigenvalue weighted by Gasteiger charge is 2.24. The second-order valence-electron chi connectivity index (χ2n) is 4.66. The number of carbonyl (C=O) groups excluding carboxylic acids is 1. The van der Waals surface area contributed by atoms with Crippen molar-refractivity contribution < 1.29 is 4.79 Å². The molecular formula is C17H14N2O. The molecule has 0 fully saturated rings. The Labute approximate surface area is 117 Å². The van der Waals surface area contributed by atoms with Crippen molar-refractivity contribution in [3.63, 3.8) is 0 Å². The van der Waals surface area contributed by atoms with Crippen molar-refractivity contribution >= 4 is 17.6 Å². The maximum Gasteiger partial charge on any atom is 0.256 e. The highest BCUT2D eigenvalue weighted by atomic mass is 16.2. The molecule has 1 aromatic heterocycles. The molecule has 1 aliphatic heterocycles. The number of carbonyl (C=O) groups is 1. The summed E-state index contributed by atoms with van der Waals surface area (Å²) in [7, 11) is 0. The van der Waals surface area contributed by atoms with Crippen molar-refractivity contribution in [3.8, 4) is 0 Å². The Hall–Kier alpha value is -2.68. The molecule has 1 aromatic carbocycles. The van der Waals surface area contributed by atoms with Gasteiger partial charge in [-0.3, -0.25) is 9.78 Å². The number of rotatable bonds is 2. The summed E-state index contributed by atoms with van der Waals surface area (Å²) in [6.07, 6.45) is 5.44. The highest BCUT2D eigenvalue weighted by Crippen LogP contribution is 2.29. The van der Waals surface area contributed by atoms with Gasteiger partial charge in [-0.25, -0.2) is 0 Å². The lowest BCUT2D eigenvalue weighted by molar-refractivity contribution is -0.114. The number of hydrogen-bond acceptors (Lipinski definition) is 2. The topological polar surface area (TPSA) is 42.0 Å². The standard InChI is InChI=1S/C17H14N2O/c1-12-15(11-13-7-9-18-10-8-13)19-17(20)16(12)14-5-3-2-4-6-14/h2-11H,1H3,(H,19,20)/b15-11-. The van der Waals surface area contributed by atoms with Crippen molar-refractivity contribution in [2.45, 2.75) is 6.92 Å². The van der Waals surface area contributed by atoms with Gasteiger partial charge in [0.15, 0.2) is 0 Å². The van der Waals surface area contributed by atoms with Crippen LogP contribution in [0.15, 0.2) is 66.1 Å². The summed E-state index contributed by atoms with van der Waals surface area (Å²) in [5.41, 5.74) is 4.52. The van der Waals surface area contributed by atoms with E-state index in [1.807, 2.05) is 55.5 Å². The molecule has 3 heteroatoms. The SMILES string of the molecule is CC1=C(c2ccccc2)C(=O)N/C1=C\c1ccncc1. The number of hydrogen-bond donors (Lipinski definition) is 1. The average molecular weight is 262 g/mol. The molecule has 1 N–H and O–H groups in total. The van der Waals surface area contributed by atoms with Crippen LogP contribution in [-0.4, -0.2) is 10.9 Å². The van der Waals surface area contributed by atoms with E-state index in [9.17, 15) is 4.79 Å². The van der Waals surface area contributed by atoms with Gasteiger partial charge in [0.25, 0.3) is 5.91 Å². The molecule has 0 radical (unpaired) electrons. The fraction of sp³-hybridized carbons (Fsp3) is 0.0588. The maximum atomic E-state index is 12.2. The summed E-state index contributed by atoms with van der Waals surface area (Å²) >= 11 is 0. The zero-order chi connectivity index (χ0) is 13.9. The highest BCUT2D eigenvalue weighted by molar-refractivity contribution is 6.25. The molecule has 2 aromatic rings. The zero-order valence-electron chi connectivity index (χ0n) is 11.1. The predicted octanol–water partition coefficient (Wildman–Crippen LogP) is 3.03. The van der Waals surface area contributed by atoms with Gasteiger partial charge in [0.1, 0.15) is 0 Å². The largest absolute Gasteiger partial charge is 0.322 e. The van der Waals surface area contributed by atoms with E-state index in [4.69, 9.17) is 0 Å². The Kier molecular flexibility index (Phi) is 3.17. The van der Waals surface area contributed by atoms with Gasteiger partial charge < -0.3 is 5.32 Å². The lowest BCUT2D eigenvalue weighted by Crippen LogP contribution is -2.15. The Morgan fingerprint density at radius 2 is 1.75 bits per heavy atom. The summed E-state index contributed by atoms with van der Waals surface area (Å²) in [5, 5.41) is 2.93. The van der Waals surface area contributed by atoms with E-state index in [0.717, 1.165) is 28.0 Å². The van der Waals surface area contributed by atoms with Crippen molar-refractivity contribution in [3.05, 3.63) is 77.3 Å². The number of amides is 1. The van der Waals surface area contributed by atoms with Gasteiger partial charge in [0, 0.05) is 18.1 Å². The molecule has 0 spiro atoms. The van der Waals surface area contributed by atoms with E-state index < -0.39 is 0 Å². The van der Waals surface area contributed by atoms with E-state index in [0.29, 0.717) is 0 Å². The first kappa shape index (κ1) is 12.4. The van der Waals surface area contributed by atoms with Gasteiger partial charge in [-0.1, -0.05) is 30.3 Å². The van der Waals surface area contributed by atoms with E-state index in [-0.39, 0.29) is 5.91 Å². The third-order valence-corrected chi connectivity index (χ3v) is 3.33. The molecule has 0 atom stereocenters. The molecule has 0 bridgehead atoms. The lowest BCUT2D eigenvalue weighted by Gasteiger charge is -2.00. The Balaban J connectivity index is 2.03. The number of allylic oxidation sites excluding steroid dienone is 1. The maximum absolute atomic E-state index is 12.2. The molecule has 1 amide bonds. The summed E-state index contributed by atoms with van der Waals surface area (Å²) < 4.78 is 0. The minimum Gasteiger partial charge on any atom is -0.322 e. The predicted molar refractivity (Wildman–Crippen MR) is 79.4 cm³/mol. The van der Waals surface area contributed by atoms with Crippen molar-refractivity contribution in [2.75, 3.05) is 0 Å². The van der Waals surface area contributed by atoms with Crippen LogP contribution in [0.3, 0.4) is 0 Å². The molecule has 3 nitrogen and oxygen atoms in total. The van der Waals surface area contributed by atoms with Crippen LogP contribution in [0.4, 0.5) is 0 Å². The zero-order valence-corrected chi connectivity index (χ0v) is 11.1. The first-order chi connectivity index (χ1) is 9.75. The fourth-order valence-electron chi connectivity index (χ4n) is 2.31. The molecule has 3 rings (SSSR count). The van der Waals surface area contributed by atoms with Crippen LogP contribution < -0.4 is 5.32 Å². The van der Waals surface area contributed by atoms with Crippen LogP contribution >= 0.6 is 0 Å². The number of pyridine rings is 1. The van der Waals surface area contributed by atoms with E-state index >= 15 is 0 Å². The first-order valence-corrected chi connectivity index (χ1v) is 6.45. The van der Waals surface area contributed by atoms with Gasteiger partial charge >= 0.3 is 0 Å². The van der Waals surface area contributed by atoms with Gasteiger partial charge in [-0.2, -0.15) is 0 Å². The van der Waals surface area contributed by atoms with E-state index in [1.54, 1.807) is 12.4 Å². The van der Waals surface area contributed by atoms with Crippen molar-refractivity contribution in [2.24, 2.45) is 0 Å². The van der Waals surface area contributed by atoms with Crippen LogP contribution in [0.2, 0.25) is 0 Å². The van der Waals surface area contributed by atoms with Crippen molar-refractivity contribution in [1.82, 2.24) is 10.3 Å². The Morgan fingerprint density at radius 3 is 2.45 bits per heavy atom. The van der Waals surface area contributed by atoms with Gasteiger partial charge in [-0.15, -0.1) is 0 Å². The lowest BCUT2D eigenvalue weighted by atomic mass is 10.0. The summed E-state index contributed by atoms with van der Waals surface area (Å²) in [6, 6.07) is 13.5. The number of nitrogens with one attached hydrogen (secondary N) is 1. The number of aromatic nitrogens is 1. The third-order valence-electron chi connectivity index (χ3n) is 3.33. The summed E-state index contributed by atoms with van der Waals surface area (Å²) in [4.78, 5) is 16.2. The number of benzene rings is 1. The molecule has 2 heterocycles. The molecule has 0 saturated heterocycles. The summed E-state index contributed by atoms with van der Waals surface area (Å²) in [5.74, 6) is -0.0472. The Bertz CT molecular complexity index is 700. The quantitative estimate of drug-likeness (QED) is 0.904. The Morgan fingerprint density at radius 1 is 1.05 bits per heavy atom. The normalized spacial score (nSPS) is 16.6.